The van der Waals surface area contributed by atoms with Crippen LogP contribution in [0.2, 0.25) is 0 Å². The monoisotopic (exact) mass is 276 g/mol. The molecule has 0 bridgehead atoms. The lowest BCUT2D eigenvalue weighted by Gasteiger charge is -2.36. The first-order valence-electron chi connectivity index (χ1n) is 6.66. The van der Waals surface area contributed by atoms with Gasteiger partial charge in [-0.3, -0.25) is 0 Å². The van der Waals surface area contributed by atoms with Crippen molar-refractivity contribution in [1.29, 1.82) is 0 Å². The SMILES string of the molecule is Nc1ncnc2c1ccn2C1(CO)C(O)C(O)C2CC21. The molecule has 2 fully saturated rings. The number of aliphatic hydroxyl groups excluding tert-OH is 3. The van der Waals surface area contributed by atoms with Gasteiger partial charge in [-0.1, -0.05) is 0 Å². The van der Waals surface area contributed by atoms with E-state index in [1.54, 1.807) is 16.8 Å². The maximum atomic E-state index is 10.4. The van der Waals surface area contributed by atoms with Gasteiger partial charge in [0.1, 0.15) is 29.4 Å². The summed E-state index contributed by atoms with van der Waals surface area (Å²) < 4.78 is 1.76. The van der Waals surface area contributed by atoms with Gasteiger partial charge in [-0.05, 0) is 24.3 Å². The molecular weight excluding hydrogens is 260 g/mol. The molecule has 2 saturated carbocycles. The van der Waals surface area contributed by atoms with Crippen LogP contribution in [-0.4, -0.2) is 48.7 Å². The van der Waals surface area contributed by atoms with Crippen molar-refractivity contribution in [2.75, 3.05) is 12.3 Å². The fraction of sp³-hybridized carbons (Fsp3) is 0.538. The number of aromatic nitrogens is 3. The van der Waals surface area contributed by atoms with Crippen molar-refractivity contribution in [2.45, 2.75) is 24.2 Å². The molecule has 5 N–H and O–H groups in total. The number of nitrogens with two attached hydrogens (primary N) is 1. The van der Waals surface area contributed by atoms with E-state index in [9.17, 15) is 15.3 Å². The molecule has 4 rings (SSSR count). The molecule has 2 aliphatic carbocycles. The Labute approximate surface area is 114 Å². The van der Waals surface area contributed by atoms with E-state index in [0.29, 0.717) is 16.9 Å². The van der Waals surface area contributed by atoms with Crippen LogP contribution in [0.15, 0.2) is 18.6 Å². The Bertz CT molecular complexity index is 687. The van der Waals surface area contributed by atoms with Crippen LogP contribution in [-0.2, 0) is 5.54 Å². The van der Waals surface area contributed by atoms with Gasteiger partial charge in [0.05, 0.1) is 18.1 Å². The number of hydrogen-bond acceptors (Lipinski definition) is 6. The van der Waals surface area contributed by atoms with Crippen LogP contribution in [0.5, 0.6) is 0 Å². The van der Waals surface area contributed by atoms with Crippen molar-refractivity contribution in [3.05, 3.63) is 18.6 Å². The topological polar surface area (TPSA) is 117 Å². The molecule has 0 spiro atoms. The molecule has 0 aromatic carbocycles. The van der Waals surface area contributed by atoms with Crippen LogP contribution in [0, 0.1) is 11.8 Å². The average Bonchev–Trinajstić information content (AvgIpc) is 3.07. The zero-order chi connectivity index (χ0) is 14.1. The van der Waals surface area contributed by atoms with Gasteiger partial charge in [0.15, 0.2) is 0 Å². The number of anilines is 1. The molecule has 2 heterocycles. The Balaban J connectivity index is 1.95. The van der Waals surface area contributed by atoms with Crippen molar-refractivity contribution in [3.8, 4) is 0 Å². The van der Waals surface area contributed by atoms with Crippen molar-refractivity contribution in [2.24, 2.45) is 11.8 Å². The summed E-state index contributed by atoms with van der Waals surface area (Å²) in [5.41, 5.74) is 5.47. The zero-order valence-corrected chi connectivity index (χ0v) is 10.7. The second-order valence-electron chi connectivity index (χ2n) is 5.77. The van der Waals surface area contributed by atoms with Crippen LogP contribution < -0.4 is 5.73 Å². The lowest BCUT2D eigenvalue weighted by Crippen LogP contribution is -2.50. The molecule has 106 valence electrons. The minimum absolute atomic E-state index is 0.0498. The standard InChI is InChI=1S/C13H16N4O3/c14-11-6-1-2-17(12(6)16-5-15-11)13(4-18)8-3-7(8)9(19)10(13)20/h1-2,5,7-10,18-20H,3-4H2,(H2,14,15,16). The third-order valence-electron chi connectivity index (χ3n) is 4.97. The molecule has 0 aliphatic heterocycles. The zero-order valence-electron chi connectivity index (χ0n) is 10.7. The van der Waals surface area contributed by atoms with Crippen molar-refractivity contribution in [1.82, 2.24) is 14.5 Å². The van der Waals surface area contributed by atoms with Crippen LogP contribution in [0.25, 0.3) is 11.0 Å². The third kappa shape index (κ3) is 1.20. The maximum absolute atomic E-state index is 10.4. The highest BCUT2D eigenvalue weighted by molar-refractivity contribution is 5.86. The van der Waals surface area contributed by atoms with Crippen molar-refractivity contribution >= 4 is 16.9 Å². The first-order chi connectivity index (χ1) is 9.61. The largest absolute Gasteiger partial charge is 0.394 e. The summed E-state index contributed by atoms with van der Waals surface area (Å²) in [4.78, 5) is 8.16. The summed E-state index contributed by atoms with van der Waals surface area (Å²) in [5, 5.41) is 31.1. The van der Waals surface area contributed by atoms with Crippen LogP contribution in [0.1, 0.15) is 6.42 Å². The van der Waals surface area contributed by atoms with Gasteiger partial charge < -0.3 is 25.6 Å². The van der Waals surface area contributed by atoms with E-state index in [0.717, 1.165) is 6.42 Å². The first kappa shape index (κ1) is 12.1. The van der Waals surface area contributed by atoms with Gasteiger partial charge in [-0.15, -0.1) is 0 Å². The molecule has 7 heteroatoms. The summed E-state index contributed by atoms with van der Waals surface area (Å²) in [6, 6.07) is 1.77. The Morgan fingerprint density at radius 2 is 2.20 bits per heavy atom. The number of nitrogen functional groups attached to an aromatic ring is 1. The van der Waals surface area contributed by atoms with Crippen LogP contribution >= 0.6 is 0 Å². The highest BCUT2D eigenvalue weighted by Gasteiger charge is 2.68. The number of aliphatic hydroxyl groups is 3. The van der Waals surface area contributed by atoms with Gasteiger partial charge in [-0.2, -0.15) is 0 Å². The van der Waals surface area contributed by atoms with Crippen molar-refractivity contribution in [3.63, 3.8) is 0 Å². The van der Waals surface area contributed by atoms with Gasteiger partial charge in [-0.25, -0.2) is 9.97 Å². The van der Waals surface area contributed by atoms with E-state index in [1.807, 2.05) is 0 Å². The van der Waals surface area contributed by atoms with Gasteiger partial charge in [0, 0.05) is 6.20 Å². The highest BCUT2D eigenvalue weighted by atomic mass is 16.3. The average molecular weight is 276 g/mol. The van der Waals surface area contributed by atoms with E-state index in [1.165, 1.54) is 6.33 Å². The minimum Gasteiger partial charge on any atom is -0.394 e. The van der Waals surface area contributed by atoms with E-state index in [4.69, 9.17) is 5.73 Å². The molecule has 7 nitrogen and oxygen atoms in total. The van der Waals surface area contributed by atoms with Gasteiger partial charge in [0.25, 0.3) is 0 Å². The van der Waals surface area contributed by atoms with Gasteiger partial charge in [0.2, 0.25) is 0 Å². The summed E-state index contributed by atoms with van der Waals surface area (Å²) in [7, 11) is 0. The maximum Gasteiger partial charge on any atom is 0.146 e. The quantitative estimate of drug-likeness (QED) is 0.563. The van der Waals surface area contributed by atoms with Crippen molar-refractivity contribution < 1.29 is 15.3 Å². The van der Waals surface area contributed by atoms with E-state index in [2.05, 4.69) is 9.97 Å². The molecule has 0 amide bonds. The van der Waals surface area contributed by atoms with E-state index >= 15 is 0 Å². The molecule has 2 aromatic heterocycles. The molecule has 5 unspecified atom stereocenters. The Hall–Kier alpha value is -1.70. The third-order valence-corrected chi connectivity index (χ3v) is 4.97. The van der Waals surface area contributed by atoms with Crippen LogP contribution in [0.4, 0.5) is 5.82 Å². The highest BCUT2D eigenvalue weighted by Crippen LogP contribution is 2.61. The van der Waals surface area contributed by atoms with Crippen LogP contribution in [0.3, 0.4) is 0 Å². The predicted molar refractivity (Wildman–Crippen MR) is 70.6 cm³/mol. The smallest absolute Gasteiger partial charge is 0.146 e. The summed E-state index contributed by atoms with van der Waals surface area (Å²) >= 11 is 0. The minimum atomic E-state index is -1.01. The molecule has 2 aromatic rings. The summed E-state index contributed by atoms with van der Waals surface area (Å²) in [6.45, 7) is -0.250. The lowest BCUT2D eigenvalue weighted by atomic mass is 9.90. The predicted octanol–water partition coefficient (Wildman–Crippen LogP) is -0.927. The number of hydrogen-bond donors (Lipinski definition) is 4. The molecule has 0 saturated heterocycles. The second kappa shape index (κ2) is 3.69. The molecule has 20 heavy (non-hydrogen) atoms. The second-order valence-corrected chi connectivity index (χ2v) is 5.77. The number of nitrogens with zero attached hydrogens (tertiary/aromatic N) is 3. The number of fused-ring (bicyclic) bond motifs is 2. The number of rotatable bonds is 2. The molecule has 2 aliphatic rings. The Morgan fingerprint density at radius 3 is 2.85 bits per heavy atom. The summed E-state index contributed by atoms with van der Waals surface area (Å²) in [6.07, 6.45) is 2.11. The Kier molecular flexibility index (Phi) is 2.23. The van der Waals surface area contributed by atoms with Gasteiger partial charge >= 0.3 is 0 Å². The molecule has 0 radical (unpaired) electrons. The first-order valence-corrected chi connectivity index (χ1v) is 6.66. The fourth-order valence-electron chi connectivity index (χ4n) is 3.83. The van der Waals surface area contributed by atoms with E-state index in [-0.39, 0.29) is 18.4 Å². The lowest BCUT2D eigenvalue weighted by molar-refractivity contribution is -0.0576. The molecule has 5 atom stereocenters. The molecular formula is C13H16N4O3. The normalized spacial score (nSPS) is 39.1. The fourth-order valence-corrected chi connectivity index (χ4v) is 3.83. The van der Waals surface area contributed by atoms with E-state index < -0.39 is 17.7 Å². The Morgan fingerprint density at radius 1 is 1.40 bits per heavy atom. The summed E-state index contributed by atoms with van der Waals surface area (Å²) in [5.74, 6) is 0.472.